The molecule has 0 radical (unpaired) electrons. The van der Waals surface area contributed by atoms with Gasteiger partial charge >= 0.3 is 11.9 Å². The Kier molecular flexibility index (Phi) is 5.87. The average molecular weight is 203 g/mol. The number of aliphatic carboxylic acids is 1. The number of hydrogen-bond acceptors (Lipinski definition) is 4. The number of carbonyl (C=O) groups is 2. The molecule has 0 aliphatic carbocycles. The van der Waals surface area contributed by atoms with Gasteiger partial charge in [-0.3, -0.25) is 9.59 Å². The molecule has 0 saturated heterocycles. The summed E-state index contributed by atoms with van der Waals surface area (Å²) in [5, 5.41) is 11.6. The molecule has 0 aliphatic rings. The second-order valence-electron chi connectivity index (χ2n) is 3.34. The molecule has 0 fully saturated rings. The van der Waals surface area contributed by atoms with Gasteiger partial charge in [0.25, 0.3) is 0 Å². The lowest BCUT2D eigenvalue weighted by molar-refractivity contribution is -0.144. The van der Waals surface area contributed by atoms with E-state index in [2.05, 4.69) is 10.1 Å². The SMILES string of the molecule is CC(=O)OCCC(NC(C)C)C(=O)O. The molecule has 1 atom stereocenters. The lowest BCUT2D eigenvalue weighted by atomic mass is 10.2. The lowest BCUT2D eigenvalue weighted by Crippen LogP contribution is -2.41. The van der Waals surface area contributed by atoms with Gasteiger partial charge in [-0.1, -0.05) is 13.8 Å². The van der Waals surface area contributed by atoms with Crippen molar-refractivity contribution in [3.63, 3.8) is 0 Å². The predicted molar refractivity (Wildman–Crippen MR) is 50.9 cm³/mol. The Morgan fingerprint density at radius 1 is 1.43 bits per heavy atom. The van der Waals surface area contributed by atoms with E-state index >= 15 is 0 Å². The standard InChI is InChI=1S/C9H17NO4/c1-6(2)10-8(9(12)13)4-5-14-7(3)11/h6,8,10H,4-5H2,1-3H3,(H,12,13). The highest BCUT2D eigenvalue weighted by molar-refractivity contribution is 5.73. The molecule has 0 aromatic carbocycles. The van der Waals surface area contributed by atoms with E-state index in [4.69, 9.17) is 5.11 Å². The third-order valence-electron chi connectivity index (χ3n) is 1.54. The minimum absolute atomic E-state index is 0.0911. The van der Waals surface area contributed by atoms with Crippen molar-refractivity contribution < 1.29 is 19.4 Å². The van der Waals surface area contributed by atoms with E-state index in [-0.39, 0.29) is 19.1 Å². The molecule has 0 bridgehead atoms. The van der Waals surface area contributed by atoms with Gasteiger partial charge in [0.15, 0.2) is 0 Å². The Balaban J connectivity index is 3.85. The minimum atomic E-state index is -0.925. The summed E-state index contributed by atoms with van der Waals surface area (Å²) >= 11 is 0. The van der Waals surface area contributed by atoms with Gasteiger partial charge in [0.1, 0.15) is 6.04 Å². The summed E-state index contributed by atoms with van der Waals surface area (Å²) in [5.41, 5.74) is 0. The van der Waals surface area contributed by atoms with Crippen LogP contribution in [0.1, 0.15) is 27.2 Å². The summed E-state index contributed by atoms with van der Waals surface area (Å²) in [7, 11) is 0. The van der Waals surface area contributed by atoms with Crippen LogP contribution in [0.5, 0.6) is 0 Å². The molecule has 0 aromatic rings. The van der Waals surface area contributed by atoms with Crippen LogP contribution < -0.4 is 5.32 Å². The summed E-state index contributed by atoms with van der Waals surface area (Å²) in [6.45, 7) is 5.15. The molecule has 82 valence electrons. The number of carbonyl (C=O) groups excluding carboxylic acids is 1. The third kappa shape index (κ3) is 6.42. The van der Waals surface area contributed by atoms with Crippen molar-refractivity contribution in [2.24, 2.45) is 0 Å². The van der Waals surface area contributed by atoms with Crippen molar-refractivity contribution in [1.29, 1.82) is 0 Å². The zero-order chi connectivity index (χ0) is 11.1. The molecule has 2 N–H and O–H groups in total. The molecule has 1 unspecified atom stereocenters. The maximum Gasteiger partial charge on any atom is 0.320 e. The van der Waals surface area contributed by atoms with E-state index in [1.807, 2.05) is 13.8 Å². The monoisotopic (exact) mass is 203 g/mol. The van der Waals surface area contributed by atoms with Gasteiger partial charge in [-0.15, -0.1) is 0 Å². The molecule has 0 aliphatic heterocycles. The second kappa shape index (κ2) is 6.37. The molecular weight excluding hydrogens is 186 g/mol. The highest BCUT2D eigenvalue weighted by Crippen LogP contribution is 1.96. The van der Waals surface area contributed by atoms with Crippen LogP contribution in [0.15, 0.2) is 0 Å². The van der Waals surface area contributed by atoms with Crippen molar-refractivity contribution in [2.75, 3.05) is 6.61 Å². The Bertz CT molecular complexity index is 203. The molecule has 0 heterocycles. The fraction of sp³-hybridized carbons (Fsp3) is 0.778. The number of esters is 1. The van der Waals surface area contributed by atoms with Crippen LogP contribution in [-0.2, 0) is 14.3 Å². The molecule has 0 spiro atoms. The van der Waals surface area contributed by atoms with E-state index in [0.717, 1.165) is 0 Å². The first-order valence-corrected chi connectivity index (χ1v) is 4.55. The Morgan fingerprint density at radius 3 is 2.36 bits per heavy atom. The molecule has 0 saturated carbocycles. The van der Waals surface area contributed by atoms with Crippen LogP contribution >= 0.6 is 0 Å². The van der Waals surface area contributed by atoms with Crippen molar-refractivity contribution >= 4 is 11.9 Å². The number of ether oxygens (including phenoxy) is 1. The molecular formula is C9H17NO4. The Morgan fingerprint density at radius 2 is 2.00 bits per heavy atom. The number of nitrogens with one attached hydrogen (secondary N) is 1. The topological polar surface area (TPSA) is 75.6 Å². The third-order valence-corrected chi connectivity index (χ3v) is 1.54. The fourth-order valence-electron chi connectivity index (χ4n) is 1.00. The summed E-state index contributed by atoms with van der Waals surface area (Å²) in [4.78, 5) is 21.1. The normalized spacial score (nSPS) is 12.6. The quantitative estimate of drug-likeness (QED) is 0.611. The summed E-state index contributed by atoms with van der Waals surface area (Å²) < 4.78 is 4.66. The highest BCUT2D eigenvalue weighted by atomic mass is 16.5. The van der Waals surface area contributed by atoms with Crippen LogP contribution in [0.3, 0.4) is 0 Å². The Hall–Kier alpha value is -1.10. The summed E-state index contributed by atoms with van der Waals surface area (Å²) in [6, 6.07) is -0.567. The van der Waals surface area contributed by atoms with Gasteiger partial charge in [0.2, 0.25) is 0 Å². The van der Waals surface area contributed by atoms with Crippen LogP contribution in [0.4, 0.5) is 0 Å². The lowest BCUT2D eigenvalue weighted by Gasteiger charge is -2.16. The fourth-order valence-corrected chi connectivity index (χ4v) is 1.00. The average Bonchev–Trinajstić information content (AvgIpc) is 2.00. The maximum atomic E-state index is 10.7. The molecule has 0 rings (SSSR count). The summed E-state index contributed by atoms with van der Waals surface area (Å²) in [6.07, 6.45) is 0.285. The first-order chi connectivity index (χ1) is 6.43. The van der Waals surface area contributed by atoms with Gasteiger partial charge in [0, 0.05) is 19.4 Å². The van der Waals surface area contributed by atoms with Gasteiger partial charge in [-0.05, 0) is 0 Å². The van der Waals surface area contributed by atoms with E-state index < -0.39 is 18.0 Å². The van der Waals surface area contributed by atoms with E-state index in [9.17, 15) is 9.59 Å². The van der Waals surface area contributed by atoms with Gasteiger partial charge in [-0.25, -0.2) is 0 Å². The van der Waals surface area contributed by atoms with E-state index in [1.54, 1.807) is 0 Å². The molecule has 5 heteroatoms. The maximum absolute atomic E-state index is 10.7. The van der Waals surface area contributed by atoms with Crippen molar-refractivity contribution in [2.45, 2.75) is 39.3 Å². The number of hydrogen-bond donors (Lipinski definition) is 2. The molecule has 0 aromatic heterocycles. The van der Waals surface area contributed by atoms with Crippen LogP contribution in [0.2, 0.25) is 0 Å². The van der Waals surface area contributed by atoms with Crippen LogP contribution in [0, 0.1) is 0 Å². The zero-order valence-electron chi connectivity index (χ0n) is 8.74. The number of rotatable bonds is 6. The molecule has 14 heavy (non-hydrogen) atoms. The Labute approximate surface area is 83.4 Å². The van der Waals surface area contributed by atoms with Crippen molar-refractivity contribution in [3.8, 4) is 0 Å². The van der Waals surface area contributed by atoms with E-state index in [0.29, 0.717) is 0 Å². The van der Waals surface area contributed by atoms with Crippen molar-refractivity contribution in [3.05, 3.63) is 0 Å². The second-order valence-corrected chi connectivity index (χ2v) is 3.34. The summed E-state index contributed by atoms with van der Waals surface area (Å²) in [5.74, 6) is -1.32. The molecule has 0 amide bonds. The zero-order valence-corrected chi connectivity index (χ0v) is 8.74. The van der Waals surface area contributed by atoms with Crippen molar-refractivity contribution in [1.82, 2.24) is 5.32 Å². The minimum Gasteiger partial charge on any atom is -0.480 e. The first kappa shape index (κ1) is 12.9. The van der Waals surface area contributed by atoms with Gasteiger partial charge < -0.3 is 15.2 Å². The van der Waals surface area contributed by atoms with Crippen LogP contribution in [-0.4, -0.2) is 35.7 Å². The highest BCUT2D eigenvalue weighted by Gasteiger charge is 2.17. The number of carboxylic acid groups (broad SMARTS) is 1. The van der Waals surface area contributed by atoms with Crippen LogP contribution in [0.25, 0.3) is 0 Å². The van der Waals surface area contributed by atoms with E-state index in [1.165, 1.54) is 6.92 Å². The molecule has 5 nitrogen and oxygen atoms in total. The van der Waals surface area contributed by atoms with Gasteiger partial charge in [-0.2, -0.15) is 0 Å². The van der Waals surface area contributed by atoms with Gasteiger partial charge in [0.05, 0.1) is 6.61 Å². The largest absolute Gasteiger partial charge is 0.480 e. The first-order valence-electron chi connectivity index (χ1n) is 4.55. The number of carboxylic acids is 1. The smallest absolute Gasteiger partial charge is 0.320 e. The predicted octanol–water partition coefficient (Wildman–Crippen LogP) is 0.391.